The van der Waals surface area contributed by atoms with E-state index in [1.165, 1.54) is 0 Å². The number of anilines is 1. The highest BCUT2D eigenvalue weighted by molar-refractivity contribution is 7.92. The van der Waals surface area contributed by atoms with Gasteiger partial charge in [0.2, 0.25) is 15.8 Å². The van der Waals surface area contributed by atoms with E-state index < -0.39 is 38.2 Å². The normalized spacial score (nSPS) is 11.0. The molecule has 9 nitrogen and oxygen atoms in total. The summed E-state index contributed by atoms with van der Waals surface area (Å²) in [6, 6.07) is 2.19. The molecular formula is C10H12ClN3O6S. The van der Waals surface area contributed by atoms with Gasteiger partial charge in [0.25, 0.3) is 0 Å². The highest BCUT2D eigenvalue weighted by Gasteiger charge is 2.22. The number of nitrogens with zero attached hydrogens (tertiary/aromatic N) is 2. The molecule has 1 aromatic heterocycles. The van der Waals surface area contributed by atoms with Crippen LogP contribution >= 0.6 is 11.6 Å². The first kappa shape index (κ1) is 17.1. The van der Waals surface area contributed by atoms with Crippen molar-refractivity contribution in [2.75, 3.05) is 17.1 Å². The van der Waals surface area contributed by atoms with Crippen molar-refractivity contribution in [1.82, 2.24) is 4.98 Å². The minimum absolute atomic E-state index is 0.108. The second-order valence-corrected chi connectivity index (χ2v) is 5.96. The number of carbonyl (C=O) groups excluding carboxylic acids is 1. The summed E-state index contributed by atoms with van der Waals surface area (Å²) in [5.41, 5.74) is -0.542. The van der Waals surface area contributed by atoms with Crippen LogP contribution in [0.3, 0.4) is 0 Å². The molecule has 1 aromatic rings. The lowest BCUT2D eigenvalue weighted by molar-refractivity contribution is -0.384. The molecule has 0 fully saturated rings. The van der Waals surface area contributed by atoms with Crippen LogP contribution in [-0.2, 0) is 19.6 Å². The predicted molar refractivity (Wildman–Crippen MR) is 74.6 cm³/mol. The van der Waals surface area contributed by atoms with Crippen molar-refractivity contribution < 1.29 is 22.9 Å². The van der Waals surface area contributed by atoms with Gasteiger partial charge in [-0.25, -0.2) is 13.4 Å². The molecule has 0 saturated carbocycles. The lowest BCUT2D eigenvalue weighted by Gasteiger charge is -2.07. The average Bonchev–Trinajstić information content (AvgIpc) is 2.36. The van der Waals surface area contributed by atoms with Gasteiger partial charge in [0, 0.05) is 6.07 Å². The largest absolute Gasteiger partial charge is 0.466 e. The van der Waals surface area contributed by atoms with E-state index in [-0.39, 0.29) is 18.2 Å². The lowest BCUT2D eigenvalue weighted by Crippen LogP contribution is -2.21. The first-order valence-electron chi connectivity index (χ1n) is 5.72. The first-order valence-corrected chi connectivity index (χ1v) is 7.75. The lowest BCUT2D eigenvalue weighted by atomic mass is 10.4. The molecule has 0 atom stereocenters. The minimum Gasteiger partial charge on any atom is -0.466 e. The van der Waals surface area contributed by atoms with Crippen LogP contribution in [0.25, 0.3) is 0 Å². The summed E-state index contributed by atoms with van der Waals surface area (Å²) in [5.74, 6) is -1.77. The fraction of sp³-hybridized carbons (Fsp3) is 0.400. The van der Waals surface area contributed by atoms with Crippen LogP contribution in [0.5, 0.6) is 0 Å². The number of carbonyl (C=O) groups is 1. The third kappa shape index (κ3) is 5.52. The molecule has 21 heavy (non-hydrogen) atoms. The van der Waals surface area contributed by atoms with Gasteiger partial charge in [-0.3, -0.25) is 19.6 Å². The molecule has 0 aromatic carbocycles. The minimum atomic E-state index is -4.00. The van der Waals surface area contributed by atoms with Crippen LogP contribution in [0.2, 0.25) is 5.15 Å². The van der Waals surface area contributed by atoms with Crippen molar-refractivity contribution in [3.8, 4) is 0 Å². The Hall–Kier alpha value is -1.94. The Morgan fingerprint density at radius 3 is 2.76 bits per heavy atom. The smallest absolute Gasteiger partial charge is 0.312 e. The topological polar surface area (TPSA) is 128 Å². The Labute approximate surface area is 125 Å². The number of aromatic nitrogens is 1. The zero-order valence-corrected chi connectivity index (χ0v) is 12.5. The summed E-state index contributed by atoms with van der Waals surface area (Å²) in [7, 11) is -4.00. The van der Waals surface area contributed by atoms with Crippen molar-refractivity contribution in [1.29, 1.82) is 0 Å². The molecule has 0 unspecified atom stereocenters. The Kier molecular flexibility index (Phi) is 5.85. The molecule has 1 rings (SSSR count). The Morgan fingerprint density at radius 1 is 1.52 bits per heavy atom. The van der Waals surface area contributed by atoms with Crippen LogP contribution < -0.4 is 4.72 Å². The van der Waals surface area contributed by atoms with E-state index in [0.29, 0.717) is 0 Å². The van der Waals surface area contributed by atoms with E-state index in [0.717, 1.165) is 12.1 Å². The maximum atomic E-state index is 11.8. The molecule has 0 bridgehead atoms. The number of nitro groups is 1. The standard InChI is InChI=1S/C10H12ClN3O6S/c1-2-20-9(15)5-6-21(18,19)13-10-7(14(16)17)3-4-8(11)12-10/h3-4H,2,5-6H2,1H3,(H,12,13). The number of hydrogen-bond donors (Lipinski definition) is 1. The maximum absolute atomic E-state index is 11.8. The van der Waals surface area contributed by atoms with Gasteiger partial charge in [-0.1, -0.05) is 11.6 Å². The van der Waals surface area contributed by atoms with Gasteiger partial charge in [-0.15, -0.1) is 0 Å². The molecular weight excluding hydrogens is 326 g/mol. The number of hydrogen-bond acceptors (Lipinski definition) is 7. The van der Waals surface area contributed by atoms with Gasteiger partial charge in [-0.2, -0.15) is 0 Å². The summed E-state index contributed by atoms with van der Waals surface area (Å²) in [4.78, 5) is 24.7. The number of nitrogens with one attached hydrogen (secondary N) is 1. The van der Waals surface area contributed by atoms with E-state index in [9.17, 15) is 23.3 Å². The summed E-state index contributed by atoms with van der Waals surface area (Å²) in [5, 5.41) is 10.7. The Bertz CT molecular complexity index is 648. The van der Waals surface area contributed by atoms with Crippen molar-refractivity contribution in [3.05, 3.63) is 27.4 Å². The molecule has 11 heteroatoms. The van der Waals surface area contributed by atoms with Crippen LogP contribution in [0.15, 0.2) is 12.1 Å². The zero-order valence-electron chi connectivity index (χ0n) is 10.9. The monoisotopic (exact) mass is 337 g/mol. The second kappa shape index (κ2) is 7.18. The van der Waals surface area contributed by atoms with Gasteiger partial charge >= 0.3 is 11.7 Å². The van der Waals surface area contributed by atoms with E-state index in [2.05, 4.69) is 9.72 Å². The summed E-state index contributed by atoms with van der Waals surface area (Å²) in [6.45, 7) is 1.72. The Morgan fingerprint density at radius 2 is 2.19 bits per heavy atom. The predicted octanol–water partition coefficient (Wildman–Crippen LogP) is 1.34. The summed E-state index contributed by atoms with van der Waals surface area (Å²) < 4.78 is 30.1. The van der Waals surface area contributed by atoms with Crippen molar-refractivity contribution in [2.45, 2.75) is 13.3 Å². The van der Waals surface area contributed by atoms with Gasteiger partial charge in [0.1, 0.15) is 5.15 Å². The van der Waals surface area contributed by atoms with Crippen molar-refractivity contribution in [3.63, 3.8) is 0 Å². The molecule has 0 aliphatic rings. The maximum Gasteiger partial charge on any atom is 0.312 e. The highest BCUT2D eigenvalue weighted by Crippen LogP contribution is 2.24. The number of pyridine rings is 1. The molecule has 1 N–H and O–H groups in total. The average molecular weight is 338 g/mol. The van der Waals surface area contributed by atoms with Gasteiger partial charge in [-0.05, 0) is 13.0 Å². The highest BCUT2D eigenvalue weighted by atomic mass is 35.5. The number of esters is 1. The fourth-order valence-corrected chi connectivity index (χ4v) is 2.43. The SMILES string of the molecule is CCOC(=O)CCS(=O)(=O)Nc1nc(Cl)ccc1[N+](=O)[O-]. The quantitative estimate of drug-likeness (QED) is 0.344. The number of rotatable bonds is 7. The van der Waals surface area contributed by atoms with E-state index in [1.807, 2.05) is 4.72 Å². The van der Waals surface area contributed by atoms with Crippen molar-refractivity contribution in [2.24, 2.45) is 0 Å². The number of sulfonamides is 1. The van der Waals surface area contributed by atoms with E-state index >= 15 is 0 Å². The molecule has 0 saturated heterocycles. The molecule has 0 spiro atoms. The Balaban J connectivity index is 2.86. The van der Waals surface area contributed by atoms with Crippen LogP contribution in [-0.4, -0.2) is 36.7 Å². The molecule has 116 valence electrons. The van der Waals surface area contributed by atoms with E-state index in [1.54, 1.807) is 6.92 Å². The summed E-state index contributed by atoms with van der Waals surface area (Å²) in [6.07, 6.45) is -0.377. The third-order valence-corrected chi connectivity index (χ3v) is 3.63. The zero-order chi connectivity index (χ0) is 16.0. The van der Waals surface area contributed by atoms with Gasteiger partial charge in [0.15, 0.2) is 0 Å². The number of halogens is 1. The molecule has 0 aliphatic heterocycles. The second-order valence-electron chi connectivity index (χ2n) is 3.73. The molecule has 0 aliphatic carbocycles. The van der Waals surface area contributed by atoms with Gasteiger partial charge in [0.05, 0.1) is 23.7 Å². The third-order valence-electron chi connectivity index (χ3n) is 2.17. The fourth-order valence-electron chi connectivity index (χ4n) is 1.30. The van der Waals surface area contributed by atoms with Crippen molar-refractivity contribution >= 4 is 39.1 Å². The summed E-state index contributed by atoms with van der Waals surface area (Å²) >= 11 is 5.58. The van der Waals surface area contributed by atoms with Crippen LogP contribution in [0.4, 0.5) is 11.5 Å². The molecule has 0 radical (unpaired) electrons. The van der Waals surface area contributed by atoms with Crippen LogP contribution in [0, 0.1) is 10.1 Å². The van der Waals surface area contributed by atoms with E-state index in [4.69, 9.17) is 11.6 Å². The van der Waals surface area contributed by atoms with Crippen LogP contribution in [0.1, 0.15) is 13.3 Å². The van der Waals surface area contributed by atoms with Gasteiger partial charge < -0.3 is 4.74 Å². The first-order chi connectivity index (χ1) is 9.75. The molecule has 1 heterocycles. The number of ether oxygens (including phenoxy) is 1. The molecule has 0 amide bonds.